The zero-order valence-electron chi connectivity index (χ0n) is 5.52. The number of benzene rings is 1. The van der Waals surface area contributed by atoms with Gasteiger partial charge in [0, 0.05) is 12.1 Å². The summed E-state index contributed by atoms with van der Waals surface area (Å²) in [4.78, 5) is 9.56. The van der Waals surface area contributed by atoms with Crippen molar-refractivity contribution in [3.05, 3.63) is 28.3 Å². The van der Waals surface area contributed by atoms with Crippen molar-refractivity contribution >= 4 is 49.1 Å². The van der Waals surface area contributed by atoms with Gasteiger partial charge in [0.1, 0.15) is 5.75 Å². The van der Waals surface area contributed by atoms with E-state index in [1.165, 1.54) is 12.1 Å². The molecule has 3 N–H and O–H groups in total. The molecule has 0 spiro atoms. The van der Waals surface area contributed by atoms with Gasteiger partial charge in [-0.05, 0) is 6.07 Å². The van der Waals surface area contributed by atoms with Crippen LogP contribution >= 0.6 is 0 Å². The minimum atomic E-state index is -0.574. The van der Waals surface area contributed by atoms with Gasteiger partial charge in [-0.25, -0.2) is 0 Å². The third kappa shape index (κ3) is 2.51. The Kier molecular flexibility index (Phi) is 4.30. The number of rotatable bonds is 1. The first-order valence-electron chi connectivity index (χ1n) is 2.84. The number of nitro benzene ring substituents is 1. The second-order valence-electron chi connectivity index (χ2n) is 2.00. The number of phenolic OH excluding ortho intramolecular Hbond substituents is 1. The number of nitrogens with zero attached hydrogens (tertiary/aromatic N) is 1. The molecule has 5 nitrogen and oxygen atoms in total. The van der Waals surface area contributed by atoms with E-state index >= 15 is 0 Å². The molecule has 62 valence electrons. The molecule has 0 saturated heterocycles. The molecule has 0 bridgehead atoms. The minimum absolute atomic E-state index is 0. The molecule has 0 amide bonds. The molecule has 1 aromatic carbocycles. The summed E-state index contributed by atoms with van der Waals surface area (Å²) in [6.45, 7) is 0. The number of aromatic hydroxyl groups is 1. The number of nitro groups is 1. The Hall–Kier alpha value is -0.520. The van der Waals surface area contributed by atoms with Gasteiger partial charge < -0.3 is 10.8 Å². The van der Waals surface area contributed by atoms with Crippen LogP contribution in [0.2, 0.25) is 0 Å². The molecule has 0 aliphatic carbocycles. The van der Waals surface area contributed by atoms with E-state index in [0.29, 0.717) is 0 Å². The molecule has 0 aromatic heterocycles. The molecular formula is C6H8CaN2O3. The van der Waals surface area contributed by atoms with E-state index in [-0.39, 0.29) is 54.9 Å². The molecule has 0 unspecified atom stereocenters. The summed E-state index contributed by atoms with van der Waals surface area (Å²) in [6, 6.07) is 3.48. The summed E-state index contributed by atoms with van der Waals surface area (Å²) in [5.41, 5.74) is 5.09. The monoisotopic (exact) mass is 196 g/mol. The molecule has 1 aromatic rings. The molecular weight excluding hydrogens is 188 g/mol. The van der Waals surface area contributed by atoms with Crippen LogP contribution in [0, 0.1) is 10.1 Å². The molecule has 0 aliphatic heterocycles. The topological polar surface area (TPSA) is 89.4 Å². The summed E-state index contributed by atoms with van der Waals surface area (Å²) >= 11 is 0. The van der Waals surface area contributed by atoms with E-state index in [1.54, 1.807) is 0 Å². The SMILES string of the molecule is Nc1cc([N+](=O)[O-])ccc1O.[CaH2]. The number of non-ortho nitro benzene ring substituents is 1. The number of phenols is 1. The fourth-order valence-electron chi connectivity index (χ4n) is 0.655. The Balaban J connectivity index is 0.00000121. The van der Waals surface area contributed by atoms with Gasteiger partial charge in [-0.2, -0.15) is 0 Å². The Labute approximate surface area is 98.3 Å². The molecule has 0 fully saturated rings. The van der Waals surface area contributed by atoms with Crippen molar-refractivity contribution in [2.24, 2.45) is 0 Å². The van der Waals surface area contributed by atoms with Crippen LogP contribution in [-0.4, -0.2) is 47.8 Å². The Morgan fingerprint density at radius 3 is 2.50 bits per heavy atom. The summed E-state index contributed by atoms with van der Waals surface area (Å²) in [7, 11) is 0. The Morgan fingerprint density at radius 2 is 2.08 bits per heavy atom. The summed E-state index contributed by atoms with van der Waals surface area (Å²) in [5, 5.41) is 19.0. The second kappa shape index (κ2) is 4.49. The van der Waals surface area contributed by atoms with Gasteiger partial charge in [0.15, 0.2) is 0 Å². The third-order valence-corrected chi connectivity index (χ3v) is 1.22. The summed E-state index contributed by atoms with van der Waals surface area (Å²) in [6.07, 6.45) is 0. The Morgan fingerprint density at radius 1 is 1.50 bits per heavy atom. The fourth-order valence-corrected chi connectivity index (χ4v) is 0.655. The average molecular weight is 196 g/mol. The Bertz CT molecular complexity index is 303. The van der Waals surface area contributed by atoms with Crippen molar-refractivity contribution in [2.75, 3.05) is 5.73 Å². The van der Waals surface area contributed by atoms with Crippen LogP contribution < -0.4 is 5.73 Å². The summed E-state index contributed by atoms with van der Waals surface area (Å²) < 4.78 is 0. The van der Waals surface area contributed by atoms with Crippen molar-refractivity contribution < 1.29 is 10.0 Å². The van der Waals surface area contributed by atoms with Gasteiger partial charge in [-0.3, -0.25) is 10.1 Å². The molecule has 1 rings (SSSR count). The van der Waals surface area contributed by atoms with Crippen LogP contribution in [-0.2, 0) is 0 Å². The van der Waals surface area contributed by atoms with Crippen molar-refractivity contribution in [1.29, 1.82) is 0 Å². The number of hydrogen-bond donors (Lipinski definition) is 2. The van der Waals surface area contributed by atoms with E-state index in [4.69, 9.17) is 10.8 Å². The average Bonchev–Trinajstić information content (AvgIpc) is 1.94. The molecule has 0 heterocycles. The van der Waals surface area contributed by atoms with Crippen molar-refractivity contribution in [1.82, 2.24) is 0 Å². The van der Waals surface area contributed by atoms with E-state index in [2.05, 4.69) is 0 Å². The molecule has 0 radical (unpaired) electrons. The maximum atomic E-state index is 10.1. The normalized spacial score (nSPS) is 8.67. The van der Waals surface area contributed by atoms with Crippen LogP contribution in [0.4, 0.5) is 11.4 Å². The zero-order chi connectivity index (χ0) is 8.43. The molecule has 12 heavy (non-hydrogen) atoms. The van der Waals surface area contributed by atoms with Gasteiger partial charge in [0.25, 0.3) is 5.69 Å². The number of nitrogens with two attached hydrogens (primary N) is 1. The van der Waals surface area contributed by atoms with Gasteiger partial charge >= 0.3 is 37.7 Å². The van der Waals surface area contributed by atoms with Gasteiger partial charge in [0.2, 0.25) is 0 Å². The fraction of sp³-hybridized carbons (Fsp3) is 0. The number of hydrogen-bond acceptors (Lipinski definition) is 4. The van der Waals surface area contributed by atoms with Gasteiger partial charge in [0.05, 0.1) is 10.6 Å². The third-order valence-electron chi connectivity index (χ3n) is 1.22. The van der Waals surface area contributed by atoms with Gasteiger partial charge in [-0.1, -0.05) is 0 Å². The van der Waals surface area contributed by atoms with Gasteiger partial charge in [-0.15, -0.1) is 0 Å². The van der Waals surface area contributed by atoms with E-state index in [9.17, 15) is 10.1 Å². The second-order valence-corrected chi connectivity index (χ2v) is 2.00. The van der Waals surface area contributed by atoms with Crippen LogP contribution in [0.3, 0.4) is 0 Å². The standard InChI is InChI=1S/C6H6N2O3.Ca.2H/c7-5-3-4(8(10)11)1-2-6(5)9;;;/h1-3,9H,7H2;;;. The molecule has 6 heteroatoms. The number of nitrogen functional groups attached to an aromatic ring is 1. The molecule has 0 aliphatic rings. The van der Waals surface area contributed by atoms with E-state index in [1.807, 2.05) is 0 Å². The number of anilines is 1. The van der Waals surface area contributed by atoms with Crippen molar-refractivity contribution in [3.8, 4) is 5.75 Å². The van der Waals surface area contributed by atoms with Crippen LogP contribution in [0.15, 0.2) is 18.2 Å². The van der Waals surface area contributed by atoms with Crippen LogP contribution in [0.25, 0.3) is 0 Å². The molecule has 0 atom stereocenters. The first kappa shape index (κ1) is 11.5. The van der Waals surface area contributed by atoms with E-state index in [0.717, 1.165) is 6.07 Å². The zero-order valence-corrected chi connectivity index (χ0v) is 5.52. The predicted octanol–water partition coefficient (Wildman–Crippen LogP) is -0.0336. The summed E-state index contributed by atoms with van der Waals surface area (Å²) in [5.74, 6) is -0.143. The molecule has 0 saturated carbocycles. The van der Waals surface area contributed by atoms with Crippen LogP contribution in [0.1, 0.15) is 0 Å². The van der Waals surface area contributed by atoms with Crippen molar-refractivity contribution in [2.45, 2.75) is 0 Å². The predicted molar refractivity (Wildman–Crippen MR) is 47.7 cm³/mol. The first-order valence-corrected chi connectivity index (χ1v) is 2.84. The maximum absolute atomic E-state index is 10.1. The van der Waals surface area contributed by atoms with Crippen molar-refractivity contribution in [3.63, 3.8) is 0 Å². The quantitative estimate of drug-likeness (QED) is 0.217. The van der Waals surface area contributed by atoms with E-state index < -0.39 is 4.92 Å². The first-order chi connectivity index (χ1) is 5.11. The van der Waals surface area contributed by atoms with Crippen LogP contribution in [0.5, 0.6) is 5.75 Å².